The lowest BCUT2D eigenvalue weighted by Gasteiger charge is -2.37. The van der Waals surface area contributed by atoms with Crippen molar-refractivity contribution in [2.45, 2.75) is 32.6 Å². The molecular weight excluding hydrogens is 307 g/mol. The van der Waals surface area contributed by atoms with E-state index in [1.54, 1.807) is 0 Å². The molecule has 0 spiro atoms. The van der Waals surface area contributed by atoms with Crippen LogP contribution in [-0.2, 0) is 0 Å². The molecule has 1 aromatic heterocycles. The van der Waals surface area contributed by atoms with E-state index in [2.05, 4.69) is 22.1 Å². The average molecular weight is 334 g/mol. The molecule has 6 heteroatoms. The highest BCUT2D eigenvalue weighted by atomic mass is 19.1. The standard InChI is InChI=1S/C18H27FN4O/c1-14-6-9-22(10-7-14)12-15-3-2-8-23(13-15)18(24)21-17-5-4-16(19)11-20-17/h4-5,11,14-15H,2-3,6-10,12-13H2,1H3,(H,20,21,24). The van der Waals surface area contributed by atoms with Crippen molar-refractivity contribution in [3.05, 3.63) is 24.1 Å². The molecule has 0 aliphatic carbocycles. The van der Waals surface area contributed by atoms with Gasteiger partial charge in [0.1, 0.15) is 11.6 Å². The quantitative estimate of drug-likeness (QED) is 0.923. The molecule has 0 aromatic carbocycles. The van der Waals surface area contributed by atoms with Gasteiger partial charge in [-0.25, -0.2) is 14.2 Å². The summed E-state index contributed by atoms with van der Waals surface area (Å²) in [6, 6.07) is 2.66. The number of halogens is 1. The number of likely N-dealkylation sites (tertiary alicyclic amines) is 2. The number of rotatable bonds is 3. The number of amides is 2. The molecule has 5 nitrogen and oxygen atoms in total. The van der Waals surface area contributed by atoms with Crippen LogP contribution in [0, 0.1) is 17.7 Å². The molecule has 2 aliphatic rings. The number of aromatic nitrogens is 1. The molecule has 0 bridgehead atoms. The third-order valence-electron chi connectivity index (χ3n) is 5.16. The summed E-state index contributed by atoms with van der Waals surface area (Å²) in [6.45, 7) is 7.35. The first-order valence-electron chi connectivity index (χ1n) is 9.00. The van der Waals surface area contributed by atoms with Gasteiger partial charge in [-0.05, 0) is 62.7 Å². The molecule has 1 unspecified atom stereocenters. The van der Waals surface area contributed by atoms with E-state index in [9.17, 15) is 9.18 Å². The minimum absolute atomic E-state index is 0.133. The van der Waals surface area contributed by atoms with Crippen molar-refractivity contribution in [1.29, 1.82) is 0 Å². The van der Waals surface area contributed by atoms with Gasteiger partial charge in [0.25, 0.3) is 0 Å². The number of nitrogens with one attached hydrogen (secondary N) is 1. The number of pyridine rings is 1. The van der Waals surface area contributed by atoms with Crippen molar-refractivity contribution >= 4 is 11.8 Å². The fourth-order valence-electron chi connectivity index (χ4n) is 3.65. The Kier molecular flexibility index (Phi) is 5.66. The summed E-state index contributed by atoms with van der Waals surface area (Å²) in [5.41, 5.74) is 0. The van der Waals surface area contributed by atoms with Gasteiger partial charge in [-0.15, -0.1) is 0 Å². The van der Waals surface area contributed by atoms with Crippen molar-refractivity contribution in [3.8, 4) is 0 Å². The first kappa shape index (κ1) is 17.1. The maximum atomic E-state index is 12.9. The Hall–Kier alpha value is -1.69. The smallest absolute Gasteiger partial charge is 0.323 e. The molecule has 1 N–H and O–H groups in total. The minimum Gasteiger partial charge on any atom is -0.324 e. The Bertz CT molecular complexity index is 542. The number of nitrogens with zero attached hydrogens (tertiary/aromatic N) is 3. The Morgan fingerprint density at radius 3 is 2.79 bits per heavy atom. The van der Waals surface area contributed by atoms with E-state index >= 15 is 0 Å². The Balaban J connectivity index is 1.49. The van der Waals surface area contributed by atoms with Gasteiger partial charge in [0.05, 0.1) is 6.20 Å². The first-order valence-corrected chi connectivity index (χ1v) is 9.00. The maximum Gasteiger partial charge on any atom is 0.323 e. The molecular formula is C18H27FN4O. The fraction of sp³-hybridized carbons (Fsp3) is 0.667. The number of hydrogen-bond acceptors (Lipinski definition) is 3. The molecule has 2 amide bonds. The zero-order valence-corrected chi connectivity index (χ0v) is 14.4. The van der Waals surface area contributed by atoms with Gasteiger partial charge in [0.15, 0.2) is 0 Å². The van der Waals surface area contributed by atoms with Crippen LogP contribution in [0.1, 0.15) is 32.6 Å². The van der Waals surface area contributed by atoms with E-state index in [0.29, 0.717) is 11.7 Å². The average Bonchev–Trinajstić information content (AvgIpc) is 2.59. The van der Waals surface area contributed by atoms with Crippen LogP contribution in [0.3, 0.4) is 0 Å². The van der Waals surface area contributed by atoms with Crippen molar-refractivity contribution in [3.63, 3.8) is 0 Å². The molecule has 2 aliphatic heterocycles. The van der Waals surface area contributed by atoms with E-state index < -0.39 is 5.82 Å². The highest BCUT2D eigenvalue weighted by Crippen LogP contribution is 2.22. The molecule has 0 saturated carbocycles. The Morgan fingerprint density at radius 2 is 2.08 bits per heavy atom. The van der Waals surface area contributed by atoms with Crippen molar-refractivity contribution < 1.29 is 9.18 Å². The molecule has 24 heavy (non-hydrogen) atoms. The molecule has 3 heterocycles. The maximum absolute atomic E-state index is 12.9. The number of carbonyl (C=O) groups excluding carboxylic acids is 1. The number of piperidine rings is 2. The molecule has 2 fully saturated rings. The molecule has 1 atom stereocenters. The Labute approximate surface area is 143 Å². The van der Waals surface area contributed by atoms with E-state index in [1.807, 2.05) is 4.90 Å². The second-order valence-electron chi connectivity index (χ2n) is 7.23. The van der Waals surface area contributed by atoms with Crippen molar-refractivity contribution in [1.82, 2.24) is 14.8 Å². The van der Waals surface area contributed by atoms with Gasteiger partial charge in [-0.2, -0.15) is 0 Å². The van der Waals surface area contributed by atoms with Crippen LogP contribution >= 0.6 is 0 Å². The van der Waals surface area contributed by atoms with E-state index in [0.717, 1.165) is 38.2 Å². The van der Waals surface area contributed by atoms with E-state index in [4.69, 9.17) is 0 Å². The second kappa shape index (κ2) is 7.92. The van der Waals surface area contributed by atoms with Crippen LogP contribution < -0.4 is 5.32 Å². The van der Waals surface area contributed by atoms with Gasteiger partial charge < -0.3 is 9.80 Å². The summed E-state index contributed by atoms with van der Waals surface area (Å²) < 4.78 is 12.9. The third-order valence-corrected chi connectivity index (χ3v) is 5.16. The van der Waals surface area contributed by atoms with Crippen LogP contribution in [0.15, 0.2) is 18.3 Å². The van der Waals surface area contributed by atoms with Gasteiger partial charge in [-0.3, -0.25) is 5.32 Å². The lowest BCUT2D eigenvalue weighted by molar-refractivity contribution is 0.124. The largest absolute Gasteiger partial charge is 0.324 e. The third kappa shape index (κ3) is 4.66. The summed E-state index contributed by atoms with van der Waals surface area (Å²) in [5.74, 6) is 1.38. The number of hydrogen-bond donors (Lipinski definition) is 1. The van der Waals surface area contributed by atoms with Gasteiger partial charge in [0.2, 0.25) is 0 Å². The summed E-state index contributed by atoms with van der Waals surface area (Å²) in [7, 11) is 0. The molecule has 2 saturated heterocycles. The fourth-order valence-corrected chi connectivity index (χ4v) is 3.65. The molecule has 0 radical (unpaired) electrons. The molecule has 132 valence electrons. The van der Waals surface area contributed by atoms with Crippen molar-refractivity contribution in [2.75, 3.05) is 38.0 Å². The summed E-state index contributed by atoms with van der Waals surface area (Å²) in [5, 5.41) is 2.76. The lowest BCUT2D eigenvalue weighted by Crippen LogP contribution is -2.46. The number of urea groups is 1. The van der Waals surface area contributed by atoms with Crippen LogP contribution in [0.5, 0.6) is 0 Å². The van der Waals surface area contributed by atoms with Crippen LogP contribution in [0.2, 0.25) is 0 Å². The minimum atomic E-state index is -0.401. The van der Waals surface area contributed by atoms with E-state index in [1.165, 1.54) is 44.5 Å². The van der Waals surface area contributed by atoms with Gasteiger partial charge in [0, 0.05) is 19.6 Å². The van der Waals surface area contributed by atoms with Crippen LogP contribution in [0.25, 0.3) is 0 Å². The predicted molar refractivity (Wildman–Crippen MR) is 92.3 cm³/mol. The normalized spacial score (nSPS) is 23.2. The van der Waals surface area contributed by atoms with Gasteiger partial charge >= 0.3 is 6.03 Å². The second-order valence-corrected chi connectivity index (χ2v) is 7.23. The van der Waals surface area contributed by atoms with Crippen molar-refractivity contribution in [2.24, 2.45) is 11.8 Å². The van der Waals surface area contributed by atoms with Crippen LogP contribution in [0.4, 0.5) is 15.0 Å². The zero-order chi connectivity index (χ0) is 16.9. The summed E-state index contributed by atoms with van der Waals surface area (Å²) >= 11 is 0. The zero-order valence-electron chi connectivity index (χ0n) is 14.4. The molecule has 1 aromatic rings. The SMILES string of the molecule is CC1CCN(CC2CCCN(C(=O)Nc3ccc(F)cn3)C2)CC1. The first-order chi connectivity index (χ1) is 11.6. The Morgan fingerprint density at radius 1 is 1.29 bits per heavy atom. The van der Waals surface area contributed by atoms with E-state index in [-0.39, 0.29) is 6.03 Å². The highest BCUT2D eigenvalue weighted by Gasteiger charge is 2.26. The van der Waals surface area contributed by atoms with Gasteiger partial charge in [-0.1, -0.05) is 6.92 Å². The number of carbonyl (C=O) groups is 1. The predicted octanol–water partition coefficient (Wildman–Crippen LogP) is 3.20. The number of anilines is 1. The highest BCUT2D eigenvalue weighted by molar-refractivity contribution is 5.88. The topological polar surface area (TPSA) is 48.5 Å². The van der Waals surface area contributed by atoms with Crippen LogP contribution in [-0.4, -0.2) is 53.5 Å². The monoisotopic (exact) mass is 334 g/mol. The summed E-state index contributed by atoms with van der Waals surface area (Å²) in [4.78, 5) is 20.7. The molecule has 3 rings (SSSR count). The summed E-state index contributed by atoms with van der Waals surface area (Å²) in [6.07, 6.45) is 5.91. The lowest BCUT2D eigenvalue weighted by atomic mass is 9.94.